The van der Waals surface area contributed by atoms with Gasteiger partial charge in [0, 0.05) is 17.5 Å². The zero-order chi connectivity index (χ0) is 22.7. The van der Waals surface area contributed by atoms with Crippen LogP contribution < -0.4 is 0 Å². The van der Waals surface area contributed by atoms with Crippen molar-refractivity contribution in [3.8, 4) is 0 Å². The number of rotatable bonds is 5. The Bertz CT molecular complexity index is 1300. The Labute approximate surface area is 187 Å². The lowest BCUT2D eigenvalue weighted by Crippen LogP contribution is -2.12. The summed E-state index contributed by atoms with van der Waals surface area (Å²) in [5.41, 5.74) is 1.27. The minimum atomic E-state index is -0.663. The number of hydrogen-bond acceptors (Lipinski definition) is 7. The number of aliphatic hydroxyl groups excluding tert-OH is 1. The highest BCUT2D eigenvalue weighted by molar-refractivity contribution is 8.18. The molecule has 8 heteroatoms. The molecule has 0 bridgehead atoms. The molecule has 0 aromatic heterocycles. The summed E-state index contributed by atoms with van der Waals surface area (Å²) in [5.74, 6) is -0.894. The van der Waals surface area contributed by atoms with E-state index in [1.165, 1.54) is 12.1 Å². The average molecular weight is 446 g/mol. The van der Waals surface area contributed by atoms with Gasteiger partial charge in [-0.2, -0.15) is 0 Å². The maximum Gasteiger partial charge on any atom is 0.344 e. The normalized spacial score (nSPS) is 16.2. The Morgan fingerprint density at radius 3 is 2.56 bits per heavy atom. The first-order chi connectivity index (χ1) is 15.5. The SMILES string of the molecule is CCOC(=O)C1=C(O)/C(=C\c2ccc([N+](=O)[O-])cc2)SC1=Nc1cccc2ccccc12. The molecule has 4 rings (SSSR count). The van der Waals surface area contributed by atoms with Crippen LogP contribution in [0.4, 0.5) is 11.4 Å². The fourth-order valence-corrected chi connectivity index (χ4v) is 4.28. The smallest absolute Gasteiger partial charge is 0.344 e. The molecule has 1 aliphatic rings. The molecular formula is C24H18N2O5S. The quantitative estimate of drug-likeness (QED) is 0.296. The molecule has 0 saturated heterocycles. The molecule has 0 saturated carbocycles. The van der Waals surface area contributed by atoms with Crippen LogP contribution in [0.25, 0.3) is 16.8 Å². The first-order valence-electron chi connectivity index (χ1n) is 9.79. The Morgan fingerprint density at radius 1 is 1.12 bits per heavy atom. The summed E-state index contributed by atoms with van der Waals surface area (Å²) in [4.78, 5) is 28.1. The van der Waals surface area contributed by atoms with Crippen LogP contribution in [0.3, 0.4) is 0 Å². The highest BCUT2D eigenvalue weighted by Crippen LogP contribution is 2.41. The number of aliphatic imine (C=N–C) groups is 1. The second-order valence-corrected chi connectivity index (χ2v) is 7.85. The predicted molar refractivity (Wildman–Crippen MR) is 126 cm³/mol. The van der Waals surface area contributed by atoms with Gasteiger partial charge in [-0.3, -0.25) is 10.1 Å². The number of carbonyl (C=O) groups excluding carboxylic acids is 1. The molecule has 0 aliphatic carbocycles. The molecule has 1 N–H and O–H groups in total. The van der Waals surface area contributed by atoms with Gasteiger partial charge in [-0.25, -0.2) is 9.79 Å². The first-order valence-corrected chi connectivity index (χ1v) is 10.6. The van der Waals surface area contributed by atoms with Crippen LogP contribution in [-0.2, 0) is 9.53 Å². The number of aliphatic hydroxyl groups is 1. The van der Waals surface area contributed by atoms with E-state index >= 15 is 0 Å². The van der Waals surface area contributed by atoms with Crippen molar-refractivity contribution in [3.63, 3.8) is 0 Å². The van der Waals surface area contributed by atoms with Crippen molar-refractivity contribution in [2.75, 3.05) is 6.61 Å². The van der Waals surface area contributed by atoms with Crippen LogP contribution in [0.15, 0.2) is 88.0 Å². The Morgan fingerprint density at radius 2 is 1.84 bits per heavy atom. The fourth-order valence-electron chi connectivity index (χ4n) is 3.25. The number of carbonyl (C=O) groups is 1. The van der Waals surface area contributed by atoms with Crippen molar-refractivity contribution in [2.45, 2.75) is 6.92 Å². The zero-order valence-electron chi connectivity index (χ0n) is 17.0. The van der Waals surface area contributed by atoms with Gasteiger partial charge in [0.25, 0.3) is 5.69 Å². The van der Waals surface area contributed by atoms with Crippen LogP contribution in [0.2, 0.25) is 0 Å². The minimum absolute atomic E-state index is 0.00190. The van der Waals surface area contributed by atoms with Gasteiger partial charge in [0.05, 0.1) is 22.1 Å². The summed E-state index contributed by atoms with van der Waals surface area (Å²) in [7, 11) is 0. The van der Waals surface area contributed by atoms with Gasteiger partial charge in [-0.15, -0.1) is 0 Å². The number of thioether (sulfide) groups is 1. The average Bonchev–Trinajstić information content (AvgIpc) is 3.09. The molecule has 0 fully saturated rings. The molecule has 160 valence electrons. The Hall–Kier alpha value is -3.91. The second-order valence-electron chi connectivity index (χ2n) is 6.82. The van der Waals surface area contributed by atoms with Gasteiger partial charge in [0.2, 0.25) is 0 Å². The molecular weight excluding hydrogens is 428 g/mol. The standard InChI is InChI=1S/C24H18N2O5S/c1-2-31-24(28)21-22(27)20(14-15-10-12-17(13-11-15)26(29)30)32-23(21)25-19-9-5-7-16-6-3-4-8-18(16)19/h3-14,27H,2H2,1H3/b20-14+,25-23?. The summed E-state index contributed by atoms with van der Waals surface area (Å²) >= 11 is 1.14. The number of nitro benzene ring substituents is 1. The number of non-ortho nitro benzene ring substituents is 1. The Kier molecular flexibility index (Phi) is 6.04. The first kappa shape index (κ1) is 21.3. The van der Waals surface area contributed by atoms with Crippen LogP contribution in [0, 0.1) is 10.1 Å². The number of fused-ring (bicyclic) bond motifs is 1. The maximum atomic E-state index is 12.6. The number of nitro groups is 1. The van der Waals surface area contributed by atoms with E-state index in [0.717, 1.165) is 22.5 Å². The van der Waals surface area contributed by atoms with Crippen molar-refractivity contribution in [3.05, 3.63) is 98.6 Å². The molecule has 1 heterocycles. The van der Waals surface area contributed by atoms with Crippen molar-refractivity contribution in [1.82, 2.24) is 0 Å². The third-order valence-electron chi connectivity index (χ3n) is 4.76. The van der Waals surface area contributed by atoms with Gasteiger partial charge < -0.3 is 9.84 Å². The maximum absolute atomic E-state index is 12.6. The Balaban J connectivity index is 1.78. The molecule has 0 radical (unpaired) electrons. The number of ether oxygens (including phenoxy) is 1. The molecule has 0 spiro atoms. The van der Waals surface area contributed by atoms with Crippen molar-refractivity contribution >= 4 is 51.0 Å². The molecule has 32 heavy (non-hydrogen) atoms. The topological polar surface area (TPSA) is 102 Å². The van der Waals surface area contributed by atoms with Crippen molar-refractivity contribution in [1.29, 1.82) is 0 Å². The molecule has 0 unspecified atom stereocenters. The zero-order valence-corrected chi connectivity index (χ0v) is 17.8. The largest absolute Gasteiger partial charge is 0.506 e. The van der Waals surface area contributed by atoms with Crippen molar-refractivity contribution in [2.24, 2.45) is 4.99 Å². The van der Waals surface area contributed by atoms with Gasteiger partial charge in [0.1, 0.15) is 16.4 Å². The van der Waals surface area contributed by atoms with E-state index in [9.17, 15) is 20.0 Å². The lowest BCUT2D eigenvalue weighted by Gasteiger charge is -2.05. The van der Waals surface area contributed by atoms with Crippen molar-refractivity contribution < 1.29 is 19.6 Å². The molecule has 1 aliphatic heterocycles. The third-order valence-corrected chi connectivity index (χ3v) is 5.78. The highest BCUT2D eigenvalue weighted by atomic mass is 32.2. The monoisotopic (exact) mass is 446 g/mol. The number of benzene rings is 3. The van der Waals surface area contributed by atoms with Crippen LogP contribution >= 0.6 is 11.8 Å². The fraction of sp³-hybridized carbons (Fsp3) is 0.0833. The molecule has 0 amide bonds. The number of esters is 1. The second kappa shape index (κ2) is 9.07. The van der Waals surface area contributed by atoms with Gasteiger partial charge in [-0.1, -0.05) is 48.2 Å². The van der Waals surface area contributed by atoms with E-state index in [0.29, 0.717) is 21.2 Å². The summed E-state index contributed by atoms with van der Waals surface area (Å²) < 4.78 is 5.14. The summed E-state index contributed by atoms with van der Waals surface area (Å²) in [6.07, 6.45) is 1.65. The molecule has 3 aromatic carbocycles. The van der Waals surface area contributed by atoms with E-state index in [4.69, 9.17) is 4.74 Å². The lowest BCUT2D eigenvalue weighted by molar-refractivity contribution is -0.384. The van der Waals surface area contributed by atoms with Crippen LogP contribution in [0.5, 0.6) is 0 Å². The third kappa shape index (κ3) is 4.26. The highest BCUT2D eigenvalue weighted by Gasteiger charge is 2.33. The van der Waals surface area contributed by atoms with E-state index in [1.807, 2.05) is 42.5 Å². The molecule has 0 atom stereocenters. The van der Waals surface area contributed by atoms with E-state index in [1.54, 1.807) is 25.1 Å². The molecule has 7 nitrogen and oxygen atoms in total. The molecule has 3 aromatic rings. The minimum Gasteiger partial charge on any atom is -0.506 e. The van der Waals surface area contributed by atoms with Crippen LogP contribution in [-0.4, -0.2) is 27.6 Å². The lowest BCUT2D eigenvalue weighted by atomic mass is 10.1. The van der Waals surface area contributed by atoms with Gasteiger partial charge in [0.15, 0.2) is 0 Å². The number of hydrogen-bond donors (Lipinski definition) is 1. The summed E-state index contributed by atoms with van der Waals surface area (Å²) in [6.45, 7) is 1.84. The predicted octanol–water partition coefficient (Wildman–Crippen LogP) is 5.94. The van der Waals surface area contributed by atoms with E-state index < -0.39 is 10.9 Å². The van der Waals surface area contributed by atoms with Crippen LogP contribution in [0.1, 0.15) is 12.5 Å². The van der Waals surface area contributed by atoms with E-state index in [2.05, 4.69) is 4.99 Å². The van der Waals surface area contributed by atoms with E-state index in [-0.39, 0.29) is 23.6 Å². The number of nitrogens with zero attached hydrogens (tertiary/aromatic N) is 2. The summed E-state index contributed by atoms with van der Waals surface area (Å²) in [5, 5.41) is 23.9. The van der Waals surface area contributed by atoms with Gasteiger partial charge >= 0.3 is 5.97 Å². The van der Waals surface area contributed by atoms with Gasteiger partial charge in [-0.05, 0) is 42.1 Å². The summed E-state index contributed by atoms with van der Waals surface area (Å²) in [6, 6.07) is 19.4.